The number of rotatable bonds is 2. The summed E-state index contributed by atoms with van der Waals surface area (Å²) in [5.41, 5.74) is 2.32. The molecule has 0 aliphatic carbocycles. The fourth-order valence-electron chi connectivity index (χ4n) is 1.74. The predicted molar refractivity (Wildman–Crippen MR) is 92.6 cm³/mol. The Morgan fingerprint density at radius 2 is 1.67 bits per heavy atom. The third-order valence-corrected chi connectivity index (χ3v) is 4.83. The van der Waals surface area contributed by atoms with Gasteiger partial charge < -0.3 is 4.42 Å². The number of hydrogen-bond acceptors (Lipinski definition) is 6. The summed E-state index contributed by atoms with van der Waals surface area (Å²) < 4.78 is 6.49. The van der Waals surface area contributed by atoms with Crippen molar-refractivity contribution < 1.29 is 4.42 Å². The van der Waals surface area contributed by atoms with E-state index in [-0.39, 0.29) is 5.41 Å². The molecule has 0 amide bonds. The lowest BCUT2D eigenvalue weighted by atomic mass is 9.87. The lowest BCUT2D eigenvalue weighted by Gasteiger charge is -2.18. The first-order valence-corrected chi connectivity index (χ1v) is 9.00. The predicted octanol–water partition coefficient (Wildman–Crippen LogP) is 4.75. The third kappa shape index (κ3) is 4.11. The Morgan fingerprint density at radius 3 is 2.19 bits per heavy atom. The van der Waals surface area contributed by atoms with Crippen LogP contribution in [-0.2, 0) is 5.41 Å². The van der Waals surface area contributed by atoms with Gasteiger partial charge >= 0.3 is 6.01 Å². The molecular formula is C15H19N3OS2. The lowest BCUT2D eigenvalue weighted by molar-refractivity contribution is 0.578. The Kier molecular flexibility index (Phi) is 5.11. The van der Waals surface area contributed by atoms with Crippen LogP contribution in [0.2, 0.25) is 0 Å². The van der Waals surface area contributed by atoms with Crippen LogP contribution < -0.4 is 0 Å². The fourth-order valence-corrected chi connectivity index (χ4v) is 2.75. The lowest BCUT2D eigenvalue weighted by Crippen LogP contribution is -2.10. The molecule has 2 aromatic rings. The third-order valence-electron chi connectivity index (χ3n) is 2.95. The minimum Gasteiger partial charge on any atom is -0.402 e. The Hall–Kier alpha value is -1.27. The molecule has 0 unspecified atom stereocenters. The van der Waals surface area contributed by atoms with Crippen LogP contribution in [0.5, 0.6) is 0 Å². The zero-order valence-corrected chi connectivity index (χ0v) is 14.5. The van der Waals surface area contributed by atoms with E-state index in [4.69, 9.17) is 4.42 Å². The van der Waals surface area contributed by atoms with E-state index in [0.717, 1.165) is 9.94 Å². The number of aromatic nitrogens is 2. The summed E-state index contributed by atoms with van der Waals surface area (Å²) >= 11 is 3.12. The number of benzene rings is 1. The number of nitrogens with zero attached hydrogens (tertiary/aromatic N) is 3. The van der Waals surface area contributed by atoms with Gasteiger partial charge in [0, 0.05) is 5.56 Å². The summed E-state index contributed by atoms with van der Waals surface area (Å²) in [6.07, 6.45) is 3.94. The van der Waals surface area contributed by atoms with Crippen molar-refractivity contribution in [3.8, 4) is 11.5 Å². The molecule has 1 heterocycles. The van der Waals surface area contributed by atoms with E-state index >= 15 is 0 Å². The zero-order valence-electron chi connectivity index (χ0n) is 12.9. The van der Waals surface area contributed by atoms with Gasteiger partial charge in [-0.25, -0.2) is 0 Å². The summed E-state index contributed by atoms with van der Waals surface area (Å²) in [5, 5.41) is 8.03. The van der Waals surface area contributed by atoms with Gasteiger partial charge in [0.05, 0.1) is 0 Å². The molecule has 0 saturated carbocycles. The van der Waals surface area contributed by atoms with Gasteiger partial charge in [0.2, 0.25) is 5.89 Å². The van der Waals surface area contributed by atoms with E-state index in [2.05, 4.69) is 48.1 Å². The molecule has 0 fully saturated rings. The standard InChI is InChI=1S/C15H19N3OS2/c1-15(2,3)11-8-6-10(7-9-11)12-17-18-13(19-12)16-14(20-4)21-5/h6-9H,1-5H3. The Morgan fingerprint density at radius 1 is 1.05 bits per heavy atom. The highest BCUT2D eigenvalue weighted by Crippen LogP contribution is 2.27. The average Bonchev–Trinajstić information content (AvgIpc) is 2.92. The van der Waals surface area contributed by atoms with Crippen LogP contribution in [0.15, 0.2) is 33.7 Å². The Bertz CT molecular complexity index is 621. The van der Waals surface area contributed by atoms with Gasteiger partial charge in [0.15, 0.2) is 0 Å². The highest BCUT2D eigenvalue weighted by Gasteiger charge is 2.14. The summed E-state index contributed by atoms with van der Waals surface area (Å²) in [5.74, 6) is 0.496. The SMILES string of the molecule is CSC(=Nc1nnc(-c2ccc(C(C)(C)C)cc2)o1)SC. The van der Waals surface area contributed by atoms with E-state index < -0.39 is 0 Å². The summed E-state index contributed by atoms with van der Waals surface area (Å²) in [6.45, 7) is 6.57. The van der Waals surface area contributed by atoms with Crippen molar-refractivity contribution >= 4 is 33.9 Å². The van der Waals surface area contributed by atoms with E-state index in [9.17, 15) is 0 Å². The molecule has 0 aliphatic rings. The van der Waals surface area contributed by atoms with Gasteiger partial charge in [-0.05, 0) is 35.6 Å². The van der Waals surface area contributed by atoms with Crippen LogP contribution in [-0.4, -0.2) is 27.1 Å². The number of thioether (sulfide) groups is 2. The molecule has 21 heavy (non-hydrogen) atoms. The van der Waals surface area contributed by atoms with Crippen LogP contribution in [0, 0.1) is 0 Å². The van der Waals surface area contributed by atoms with Gasteiger partial charge in [0.25, 0.3) is 0 Å². The minimum atomic E-state index is 0.133. The molecular weight excluding hydrogens is 302 g/mol. The van der Waals surface area contributed by atoms with Gasteiger partial charge in [-0.1, -0.05) is 38.0 Å². The highest BCUT2D eigenvalue weighted by molar-refractivity contribution is 8.38. The van der Waals surface area contributed by atoms with Crippen molar-refractivity contribution in [3.63, 3.8) is 0 Å². The highest BCUT2D eigenvalue weighted by atomic mass is 32.2. The summed E-state index contributed by atoms with van der Waals surface area (Å²) in [4.78, 5) is 4.30. The molecule has 1 aromatic heterocycles. The second-order valence-electron chi connectivity index (χ2n) is 5.50. The van der Waals surface area contributed by atoms with Gasteiger partial charge in [-0.2, -0.15) is 4.99 Å². The molecule has 0 atom stereocenters. The van der Waals surface area contributed by atoms with Crippen LogP contribution in [0.25, 0.3) is 11.5 Å². The quantitative estimate of drug-likeness (QED) is 0.590. The van der Waals surface area contributed by atoms with Gasteiger partial charge in [0.1, 0.15) is 4.38 Å². The van der Waals surface area contributed by atoms with Crippen molar-refractivity contribution in [2.45, 2.75) is 26.2 Å². The fraction of sp³-hybridized carbons (Fsp3) is 0.400. The maximum absolute atomic E-state index is 5.59. The van der Waals surface area contributed by atoms with Crippen LogP contribution in [0.3, 0.4) is 0 Å². The summed E-state index contributed by atoms with van der Waals surface area (Å²) in [6, 6.07) is 8.50. The topological polar surface area (TPSA) is 51.3 Å². The van der Waals surface area contributed by atoms with Crippen molar-refractivity contribution in [1.82, 2.24) is 10.2 Å². The van der Waals surface area contributed by atoms with Gasteiger partial charge in [-0.15, -0.1) is 28.6 Å². The maximum Gasteiger partial charge on any atom is 0.344 e. The van der Waals surface area contributed by atoms with Crippen molar-refractivity contribution in [3.05, 3.63) is 29.8 Å². The number of aliphatic imine (C=N–C) groups is 1. The molecule has 1 aromatic carbocycles. The second-order valence-corrected chi connectivity index (χ2v) is 7.35. The largest absolute Gasteiger partial charge is 0.402 e. The molecule has 0 saturated heterocycles. The second kappa shape index (κ2) is 6.66. The molecule has 0 N–H and O–H groups in total. The van der Waals surface area contributed by atoms with Crippen LogP contribution >= 0.6 is 23.5 Å². The van der Waals surface area contributed by atoms with E-state index in [1.54, 1.807) is 23.5 Å². The van der Waals surface area contributed by atoms with Gasteiger partial charge in [-0.3, -0.25) is 0 Å². The average molecular weight is 321 g/mol. The maximum atomic E-state index is 5.59. The summed E-state index contributed by atoms with van der Waals surface area (Å²) in [7, 11) is 0. The molecule has 0 spiro atoms. The molecule has 112 valence electrons. The van der Waals surface area contributed by atoms with E-state index in [1.807, 2.05) is 24.6 Å². The van der Waals surface area contributed by atoms with Crippen molar-refractivity contribution in [2.24, 2.45) is 4.99 Å². The molecule has 6 heteroatoms. The zero-order chi connectivity index (χ0) is 15.5. The van der Waals surface area contributed by atoms with E-state index in [1.165, 1.54) is 5.56 Å². The normalized spacial score (nSPS) is 11.5. The van der Waals surface area contributed by atoms with E-state index in [0.29, 0.717) is 11.9 Å². The van der Waals surface area contributed by atoms with Crippen molar-refractivity contribution in [1.29, 1.82) is 0 Å². The smallest absolute Gasteiger partial charge is 0.344 e. The minimum absolute atomic E-state index is 0.133. The van der Waals surface area contributed by atoms with Crippen LogP contribution in [0.4, 0.5) is 6.01 Å². The molecule has 0 bridgehead atoms. The Labute approximate surface area is 133 Å². The first kappa shape index (κ1) is 16.1. The molecule has 4 nitrogen and oxygen atoms in total. The van der Waals surface area contributed by atoms with Crippen LogP contribution in [0.1, 0.15) is 26.3 Å². The Balaban J connectivity index is 2.24. The van der Waals surface area contributed by atoms with Crippen molar-refractivity contribution in [2.75, 3.05) is 12.5 Å². The first-order valence-electron chi connectivity index (χ1n) is 6.55. The molecule has 2 rings (SSSR count). The number of hydrogen-bond donors (Lipinski definition) is 0. The monoisotopic (exact) mass is 321 g/mol. The molecule has 0 radical (unpaired) electrons. The molecule has 0 aliphatic heterocycles. The first-order chi connectivity index (χ1) is 9.94.